The highest BCUT2D eigenvalue weighted by atomic mass is 32.2. The summed E-state index contributed by atoms with van der Waals surface area (Å²) in [5.74, 6) is 0.0624. The summed E-state index contributed by atoms with van der Waals surface area (Å²) in [6, 6.07) is 8.81. The number of methoxy groups -OCH3 is 1. The minimum Gasteiger partial charge on any atom is -0.464 e. The second-order valence-corrected chi connectivity index (χ2v) is 19.3. The van der Waals surface area contributed by atoms with Crippen molar-refractivity contribution in [3.8, 4) is 11.3 Å². The van der Waals surface area contributed by atoms with Crippen molar-refractivity contribution in [1.29, 1.82) is 0 Å². The molecule has 6 heterocycles. The lowest BCUT2D eigenvalue weighted by atomic mass is 9.84. The molecule has 3 fully saturated rings. The monoisotopic (exact) mass is 841 g/mol. The van der Waals surface area contributed by atoms with Gasteiger partial charge in [-0.15, -0.1) is 11.8 Å². The number of aliphatic imine (C=N–C) groups is 1. The zero-order chi connectivity index (χ0) is 42.3. The van der Waals surface area contributed by atoms with Gasteiger partial charge in [-0.1, -0.05) is 33.8 Å². The number of rotatable bonds is 10. The van der Waals surface area contributed by atoms with Crippen LogP contribution in [0.5, 0.6) is 0 Å². The van der Waals surface area contributed by atoms with Crippen LogP contribution in [0.1, 0.15) is 96.2 Å². The molecule has 4 aliphatic heterocycles. The van der Waals surface area contributed by atoms with Crippen LogP contribution in [0.25, 0.3) is 22.2 Å². The molecule has 6 bridgehead atoms. The normalized spacial score (nSPS) is 28.9. The van der Waals surface area contributed by atoms with E-state index in [1.807, 2.05) is 19.2 Å². The van der Waals surface area contributed by atoms with E-state index in [9.17, 15) is 14.4 Å². The lowest BCUT2D eigenvalue weighted by Gasteiger charge is -2.37. The van der Waals surface area contributed by atoms with Crippen molar-refractivity contribution < 1.29 is 28.6 Å². The van der Waals surface area contributed by atoms with Gasteiger partial charge in [-0.2, -0.15) is 0 Å². The van der Waals surface area contributed by atoms with E-state index in [0.717, 1.165) is 78.0 Å². The number of aromatic nitrogens is 2. The van der Waals surface area contributed by atoms with Crippen LogP contribution in [-0.2, 0) is 41.6 Å². The minimum absolute atomic E-state index is 0.148. The van der Waals surface area contributed by atoms with Gasteiger partial charge in [0.2, 0.25) is 5.91 Å². The Bertz CT molecular complexity index is 2110. The van der Waals surface area contributed by atoms with Gasteiger partial charge in [-0.25, -0.2) is 5.43 Å². The summed E-state index contributed by atoms with van der Waals surface area (Å²) in [7, 11) is 1.71. The highest BCUT2D eigenvalue weighted by Crippen LogP contribution is 2.46. The number of nitrogens with one attached hydrogen (secondary N) is 2. The number of hydrazine groups is 1. The van der Waals surface area contributed by atoms with Crippen molar-refractivity contribution in [2.75, 3.05) is 52.3 Å². The molecule has 2 unspecified atom stereocenters. The molecule has 0 spiro atoms. The lowest BCUT2D eigenvalue weighted by Crippen LogP contribution is -2.63. The lowest BCUT2D eigenvalue weighted by molar-refractivity contribution is -0.156. The predicted molar refractivity (Wildman–Crippen MR) is 234 cm³/mol. The minimum atomic E-state index is -1.04. The number of cyclic esters (lactones) is 1. The van der Waals surface area contributed by atoms with Crippen LogP contribution in [0.2, 0.25) is 0 Å². The summed E-state index contributed by atoms with van der Waals surface area (Å²) >= 11 is 1.60. The van der Waals surface area contributed by atoms with E-state index in [1.165, 1.54) is 5.01 Å². The van der Waals surface area contributed by atoms with Crippen LogP contribution in [-0.4, -0.2) is 113 Å². The first-order valence-corrected chi connectivity index (χ1v) is 23.1. The van der Waals surface area contributed by atoms with Crippen LogP contribution in [0.4, 0.5) is 0 Å². The van der Waals surface area contributed by atoms with Crippen LogP contribution in [0.3, 0.4) is 0 Å². The predicted octanol–water partition coefficient (Wildman–Crippen LogP) is 6.11. The summed E-state index contributed by atoms with van der Waals surface area (Å²) in [5, 5.41) is 6.51. The highest BCUT2D eigenvalue weighted by Gasteiger charge is 2.50. The Balaban J connectivity index is 1.25. The maximum Gasteiger partial charge on any atom is 0.324 e. The Hall–Kier alpha value is -3.82. The molecule has 2 amide bonds. The molecule has 1 saturated carbocycles. The second kappa shape index (κ2) is 17.9. The van der Waals surface area contributed by atoms with E-state index in [-0.39, 0.29) is 48.3 Å². The van der Waals surface area contributed by atoms with Crippen LogP contribution < -0.4 is 10.7 Å². The number of likely N-dealkylation sites (tertiary alicyclic amines) is 1. The van der Waals surface area contributed by atoms with Gasteiger partial charge in [0.05, 0.1) is 36.7 Å². The second-order valence-electron chi connectivity index (χ2n) is 18.3. The highest BCUT2D eigenvalue weighted by molar-refractivity contribution is 8.14. The molecule has 324 valence electrons. The van der Waals surface area contributed by atoms with E-state index >= 15 is 0 Å². The third-order valence-electron chi connectivity index (χ3n) is 13.5. The molecular weight excluding hydrogens is 779 g/mol. The summed E-state index contributed by atoms with van der Waals surface area (Å²) in [6.07, 6.45) is 4.86. The molecule has 2 N–H and O–H groups in total. The Morgan fingerprint density at radius 1 is 1.12 bits per heavy atom. The molecule has 3 aromatic rings. The maximum absolute atomic E-state index is 14.8. The Kier molecular flexibility index (Phi) is 12.8. The number of aryl methyl sites for hydroxylation is 1. The molecule has 1 aliphatic carbocycles. The third kappa shape index (κ3) is 8.64. The Morgan fingerprint density at radius 3 is 2.63 bits per heavy atom. The number of pyridine rings is 1. The zero-order valence-corrected chi connectivity index (χ0v) is 37.2. The first-order valence-electron chi connectivity index (χ1n) is 22.1. The average Bonchev–Trinajstić information content (AvgIpc) is 3.76. The standard InChI is InChI=1S/C46H63N7O6S/c1-8-52-36-16-15-30-23-32(36)33(40(52)31-13-11-17-47-38(31)29(4)57-7)24-46(5,6)26-59-45(56)34-14-12-20-53(50-34)44(55)39(49-42(54)37-27(2)28(37)3)41(43-48-35(30)25-60-43)58-22-21-51-18-9-10-19-51/h11,13,15-17,23,27-29,34-35,37,39,41,50H,8-10,12,14,18-22,24-26H2,1-7H3,(H,49,54)/t27-,28+,29-,34-,35?,37?,39-,41-/m0/s1. The number of benzene rings is 1. The number of nitrogens with zero attached hydrogens (tertiary/aromatic N) is 5. The SMILES string of the molecule is CCn1c(-c2cccnc2[C@H](C)OC)c2c3cc(ccc31)C1CSC(=N1)[C@@H](OCCN1CCCC1)[C@H](NC(=O)C1[C@@H](C)[C@H]1C)C(=O)N1CCC[C@H](N1)C(=O)OCC(C)(C)C2. The van der Waals surface area contributed by atoms with Gasteiger partial charge in [-0.3, -0.25) is 29.4 Å². The van der Waals surface area contributed by atoms with Crippen molar-refractivity contribution in [2.45, 2.75) is 111 Å². The Labute approximate surface area is 358 Å². The van der Waals surface area contributed by atoms with Crippen LogP contribution in [0, 0.1) is 23.2 Å². The van der Waals surface area contributed by atoms with Crippen molar-refractivity contribution in [1.82, 2.24) is 30.2 Å². The molecule has 14 heteroatoms. The van der Waals surface area contributed by atoms with Gasteiger partial charge in [0.1, 0.15) is 23.2 Å². The number of ether oxygens (including phenoxy) is 3. The summed E-state index contributed by atoms with van der Waals surface area (Å²) in [4.78, 5) is 55.3. The van der Waals surface area contributed by atoms with Crippen LogP contribution in [0.15, 0.2) is 41.5 Å². The number of amides is 2. The van der Waals surface area contributed by atoms with Crippen molar-refractivity contribution in [3.63, 3.8) is 0 Å². The summed E-state index contributed by atoms with van der Waals surface area (Å²) in [6.45, 7) is 17.1. The molecule has 2 saturated heterocycles. The van der Waals surface area contributed by atoms with E-state index in [4.69, 9.17) is 24.2 Å². The molecular formula is C46H63N7O6S. The van der Waals surface area contributed by atoms with Crippen molar-refractivity contribution >= 4 is 45.5 Å². The fourth-order valence-electron chi connectivity index (χ4n) is 9.70. The fraction of sp³-hybridized carbons (Fsp3) is 0.630. The van der Waals surface area contributed by atoms with Gasteiger partial charge >= 0.3 is 5.97 Å². The number of fused-ring (bicyclic) bond motifs is 5. The largest absolute Gasteiger partial charge is 0.464 e. The van der Waals surface area contributed by atoms with Gasteiger partial charge < -0.3 is 29.0 Å². The first-order chi connectivity index (χ1) is 28.9. The molecule has 1 aromatic carbocycles. The smallest absolute Gasteiger partial charge is 0.324 e. The van der Waals surface area contributed by atoms with Gasteiger partial charge in [0.15, 0.2) is 0 Å². The number of esters is 1. The fourth-order valence-corrected chi connectivity index (χ4v) is 10.9. The molecule has 8 atom stereocenters. The molecule has 5 aliphatic rings. The average molecular weight is 842 g/mol. The number of carbonyl (C=O) groups is 3. The summed E-state index contributed by atoms with van der Waals surface area (Å²) < 4.78 is 21.1. The van der Waals surface area contributed by atoms with Gasteiger partial charge in [0, 0.05) is 66.5 Å². The van der Waals surface area contributed by atoms with E-state index in [0.29, 0.717) is 43.2 Å². The van der Waals surface area contributed by atoms with Crippen molar-refractivity contribution in [3.05, 3.63) is 53.3 Å². The molecule has 0 radical (unpaired) electrons. The number of hydrogen-bond acceptors (Lipinski definition) is 11. The molecule has 60 heavy (non-hydrogen) atoms. The molecule has 8 rings (SSSR count). The van der Waals surface area contributed by atoms with Gasteiger partial charge in [0.25, 0.3) is 5.91 Å². The quantitative estimate of drug-likeness (QED) is 0.230. The first kappa shape index (κ1) is 42.9. The van der Waals surface area contributed by atoms with Crippen molar-refractivity contribution in [2.24, 2.45) is 28.2 Å². The third-order valence-corrected chi connectivity index (χ3v) is 14.6. The number of hydrogen-bond donors (Lipinski definition) is 2. The summed E-state index contributed by atoms with van der Waals surface area (Å²) in [5.41, 5.74) is 9.06. The number of thioether (sulfide) groups is 1. The topological polar surface area (TPSA) is 140 Å². The molecule has 2 aromatic heterocycles. The van der Waals surface area contributed by atoms with E-state index < -0.39 is 29.6 Å². The number of carbonyl (C=O) groups excluding carboxylic acids is 3. The van der Waals surface area contributed by atoms with Crippen LogP contribution >= 0.6 is 11.8 Å². The Morgan fingerprint density at radius 2 is 1.90 bits per heavy atom. The molecule has 13 nitrogen and oxygen atoms in total. The maximum atomic E-state index is 14.8. The van der Waals surface area contributed by atoms with Gasteiger partial charge in [-0.05, 0) is 106 Å². The zero-order valence-electron chi connectivity index (χ0n) is 36.4. The van der Waals surface area contributed by atoms with E-state index in [2.05, 4.69) is 79.1 Å². The van der Waals surface area contributed by atoms with E-state index in [1.54, 1.807) is 18.9 Å².